The van der Waals surface area contributed by atoms with Crippen molar-refractivity contribution in [3.05, 3.63) is 67.9 Å². The number of aromatic nitrogens is 2. The number of nitro groups is 1. The molecule has 3 rings (SSSR count). The minimum Gasteiger partial charge on any atom is -0.490 e. The van der Waals surface area contributed by atoms with Gasteiger partial charge in [0.2, 0.25) is 0 Å². The van der Waals surface area contributed by atoms with Crippen LogP contribution >= 0.6 is 12.4 Å². The third kappa shape index (κ3) is 6.39. The van der Waals surface area contributed by atoms with Crippen molar-refractivity contribution >= 4 is 23.9 Å². The maximum Gasteiger partial charge on any atom is 0.332 e. The number of non-ortho nitro benzene ring substituents is 1. The standard InChI is InChI=1S/C22H29N5O6.ClH/c1-4-13-32-19-15-17(27(30)31)6-7-18(19)33-14-5-8-25-9-11-26(12-10-25)20-16-21(28)24(3)22(29)23(20)2;/h4,6-7,15-16H,1,5,8-14H2,2-3H3;1H. The SMILES string of the molecule is C=CCOc1cc([N+](=O)[O-])ccc1OCCCN1CCN(c2cc(=O)n(C)c(=O)n2C)CC1.Cl. The summed E-state index contributed by atoms with van der Waals surface area (Å²) in [6.07, 6.45) is 2.33. The summed E-state index contributed by atoms with van der Waals surface area (Å²) < 4.78 is 13.9. The van der Waals surface area contributed by atoms with Crippen LogP contribution in [0, 0.1) is 10.1 Å². The molecule has 1 aliphatic rings. The van der Waals surface area contributed by atoms with Gasteiger partial charge in [-0.2, -0.15) is 0 Å². The molecule has 1 saturated heterocycles. The number of nitrogens with zero attached hydrogens (tertiary/aromatic N) is 5. The van der Waals surface area contributed by atoms with Crippen LogP contribution in [0.4, 0.5) is 11.5 Å². The molecule has 1 aromatic heterocycles. The molecule has 1 aliphatic heterocycles. The first-order chi connectivity index (χ1) is 15.8. The molecule has 12 heteroatoms. The predicted molar refractivity (Wildman–Crippen MR) is 132 cm³/mol. The molecule has 0 radical (unpaired) electrons. The van der Waals surface area contributed by atoms with Gasteiger partial charge in [0, 0.05) is 59.0 Å². The van der Waals surface area contributed by atoms with E-state index in [0.29, 0.717) is 37.0 Å². The molecule has 2 aromatic rings. The van der Waals surface area contributed by atoms with E-state index in [4.69, 9.17) is 9.47 Å². The lowest BCUT2D eigenvalue weighted by Crippen LogP contribution is -2.49. The van der Waals surface area contributed by atoms with Crippen LogP contribution in [-0.4, -0.2) is 64.9 Å². The Labute approximate surface area is 203 Å². The van der Waals surface area contributed by atoms with E-state index in [1.54, 1.807) is 19.2 Å². The van der Waals surface area contributed by atoms with Gasteiger partial charge in [0.15, 0.2) is 11.5 Å². The summed E-state index contributed by atoms with van der Waals surface area (Å²) in [5, 5.41) is 11.0. The van der Waals surface area contributed by atoms with E-state index in [-0.39, 0.29) is 36.0 Å². The Morgan fingerprint density at radius 1 is 1.06 bits per heavy atom. The predicted octanol–water partition coefficient (Wildman–Crippen LogP) is 1.57. The molecule has 186 valence electrons. The Morgan fingerprint density at radius 2 is 1.76 bits per heavy atom. The van der Waals surface area contributed by atoms with Crippen LogP contribution in [-0.2, 0) is 14.1 Å². The van der Waals surface area contributed by atoms with E-state index in [0.717, 1.165) is 30.6 Å². The molecule has 0 bridgehead atoms. The highest BCUT2D eigenvalue weighted by atomic mass is 35.5. The Bertz CT molecular complexity index is 1120. The summed E-state index contributed by atoms with van der Waals surface area (Å²) in [4.78, 5) is 39.0. The molecule has 2 heterocycles. The second-order valence-corrected chi connectivity index (χ2v) is 7.76. The van der Waals surface area contributed by atoms with Gasteiger partial charge < -0.3 is 14.4 Å². The topological polar surface area (TPSA) is 112 Å². The number of halogens is 1. The number of hydrogen-bond donors (Lipinski definition) is 0. The summed E-state index contributed by atoms with van der Waals surface area (Å²) in [5.74, 6) is 1.41. The molecule has 0 atom stereocenters. The lowest BCUT2D eigenvalue weighted by Gasteiger charge is -2.36. The zero-order chi connectivity index (χ0) is 24.0. The first-order valence-corrected chi connectivity index (χ1v) is 10.7. The van der Waals surface area contributed by atoms with Crippen LogP contribution < -0.4 is 25.6 Å². The average molecular weight is 496 g/mol. The lowest BCUT2D eigenvalue weighted by molar-refractivity contribution is -0.385. The number of piperazine rings is 1. The van der Waals surface area contributed by atoms with Gasteiger partial charge in [-0.1, -0.05) is 12.7 Å². The molecule has 1 fully saturated rings. The van der Waals surface area contributed by atoms with Gasteiger partial charge >= 0.3 is 5.69 Å². The van der Waals surface area contributed by atoms with Crippen molar-refractivity contribution in [1.82, 2.24) is 14.0 Å². The fraction of sp³-hybridized carbons (Fsp3) is 0.455. The molecule has 0 spiro atoms. The monoisotopic (exact) mass is 495 g/mol. The Hall–Kier alpha value is -3.31. The van der Waals surface area contributed by atoms with Crippen LogP contribution in [0.5, 0.6) is 11.5 Å². The van der Waals surface area contributed by atoms with Gasteiger partial charge in [0.05, 0.1) is 17.6 Å². The first kappa shape index (κ1) is 26.9. The molecular formula is C22H30ClN5O6. The highest BCUT2D eigenvalue weighted by molar-refractivity contribution is 5.85. The van der Waals surface area contributed by atoms with Gasteiger partial charge in [-0.3, -0.25) is 28.9 Å². The van der Waals surface area contributed by atoms with Crippen molar-refractivity contribution in [3.8, 4) is 11.5 Å². The molecule has 34 heavy (non-hydrogen) atoms. The van der Waals surface area contributed by atoms with Crippen molar-refractivity contribution in [2.24, 2.45) is 14.1 Å². The fourth-order valence-electron chi connectivity index (χ4n) is 3.69. The van der Waals surface area contributed by atoms with Crippen molar-refractivity contribution in [3.63, 3.8) is 0 Å². The van der Waals surface area contributed by atoms with Crippen molar-refractivity contribution in [2.75, 3.05) is 50.8 Å². The third-order valence-electron chi connectivity index (χ3n) is 5.57. The average Bonchev–Trinajstić information content (AvgIpc) is 2.82. The van der Waals surface area contributed by atoms with E-state index in [9.17, 15) is 19.7 Å². The summed E-state index contributed by atoms with van der Waals surface area (Å²) in [5.41, 5.74) is -0.705. The highest BCUT2D eigenvalue weighted by Gasteiger charge is 2.20. The van der Waals surface area contributed by atoms with Crippen LogP contribution in [0.3, 0.4) is 0 Å². The van der Waals surface area contributed by atoms with Gasteiger partial charge in [0.1, 0.15) is 12.4 Å². The number of nitro benzene ring substituents is 1. The summed E-state index contributed by atoms with van der Waals surface area (Å²) in [6, 6.07) is 5.78. The molecule has 0 unspecified atom stereocenters. The summed E-state index contributed by atoms with van der Waals surface area (Å²) in [7, 11) is 3.14. The first-order valence-electron chi connectivity index (χ1n) is 10.7. The molecule has 0 N–H and O–H groups in total. The van der Waals surface area contributed by atoms with Crippen molar-refractivity contribution in [2.45, 2.75) is 6.42 Å². The van der Waals surface area contributed by atoms with E-state index in [1.165, 1.54) is 29.8 Å². The van der Waals surface area contributed by atoms with Crippen LogP contribution in [0.15, 0.2) is 46.5 Å². The molecule has 11 nitrogen and oxygen atoms in total. The third-order valence-corrected chi connectivity index (χ3v) is 5.57. The van der Waals surface area contributed by atoms with Crippen LogP contribution in [0.1, 0.15) is 6.42 Å². The highest BCUT2D eigenvalue weighted by Crippen LogP contribution is 2.31. The summed E-state index contributed by atoms with van der Waals surface area (Å²) >= 11 is 0. The molecular weight excluding hydrogens is 466 g/mol. The molecule has 1 aromatic carbocycles. The van der Waals surface area contributed by atoms with E-state index in [1.807, 2.05) is 0 Å². The second-order valence-electron chi connectivity index (χ2n) is 7.76. The van der Waals surface area contributed by atoms with Gasteiger partial charge in [-0.15, -0.1) is 12.4 Å². The Kier molecular flexibility index (Phi) is 9.69. The second kappa shape index (κ2) is 12.2. The summed E-state index contributed by atoms with van der Waals surface area (Å²) in [6.45, 7) is 8.09. The largest absolute Gasteiger partial charge is 0.490 e. The number of anilines is 1. The fourth-order valence-corrected chi connectivity index (χ4v) is 3.69. The smallest absolute Gasteiger partial charge is 0.332 e. The van der Waals surface area contributed by atoms with Gasteiger partial charge in [0.25, 0.3) is 11.2 Å². The number of benzene rings is 1. The van der Waals surface area contributed by atoms with E-state index < -0.39 is 4.92 Å². The zero-order valence-corrected chi connectivity index (χ0v) is 20.2. The number of rotatable bonds is 10. The minimum absolute atomic E-state index is 0. The van der Waals surface area contributed by atoms with Crippen molar-refractivity contribution < 1.29 is 14.4 Å². The quantitative estimate of drug-likeness (QED) is 0.211. The molecule has 0 aliphatic carbocycles. The van der Waals surface area contributed by atoms with E-state index in [2.05, 4.69) is 16.4 Å². The molecule has 0 amide bonds. The van der Waals surface area contributed by atoms with Crippen LogP contribution in [0.25, 0.3) is 0 Å². The Morgan fingerprint density at radius 3 is 2.41 bits per heavy atom. The van der Waals surface area contributed by atoms with Crippen LogP contribution in [0.2, 0.25) is 0 Å². The van der Waals surface area contributed by atoms with Crippen molar-refractivity contribution in [1.29, 1.82) is 0 Å². The lowest BCUT2D eigenvalue weighted by atomic mass is 10.2. The number of hydrogen-bond acceptors (Lipinski definition) is 8. The zero-order valence-electron chi connectivity index (χ0n) is 19.3. The molecule has 0 saturated carbocycles. The number of ether oxygens (including phenoxy) is 2. The maximum absolute atomic E-state index is 12.2. The minimum atomic E-state index is -0.477. The van der Waals surface area contributed by atoms with E-state index >= 15 is 0 Å². The Balaban J connectivity index is 0.00000408. The van der Waals surface area contributed by atoms with Gasteiger partial charge in [-0.25, -0.2) is 4.79 Å². The normalized spacial score (nSPS) is 13.8. The maximum atomic E-state index is 12.2. The van der Waals surface area contributed by atoms with Gasteiger partial charge in [-0.05, 0) is 12.5 Å².